The molecule has 3 aromatic rings. The Bertz CT molecular complexity index is 1120. The van der Waals surface area contributed by atoms with Gasteiger partial charge in [0.15, 0.2) is 5.82 Å². The van der Waals surface area contributed by atoms with Crippen LogP contribution in [0.3, 0.4) is 0 Å². The quantitative estimate of drug-likeness (QED) is 0.612. The molecule has 4 rings (SSSR count). The van der Waals surface area contributed by atoms with Crippen LogP contribution in [0.4, 0.5) is 29.5 Å². The highest BCUT2D eigenvalue weighted by Crippen LogP contribution is 2.36. The summed E-state index contributed by atoms with van der Waals surface area (Å²) in [5.74, 6) is 0.718. The zero-order valence-corrected chi connectivity index (χ0v) is 17.7. The van der Waals surface area contributed by atoms with Crippen molar-refractivity contribution in [3.8, 4) is 22.7 Å². The molecule has 1 fully saturated rings. The van der Waals surface area contributed by atoms with Gasteiger partial charge in [0.2, 0.25) is 0 Å². The summed E-state index contributed by atoms with van der Waals surface area (Å²) >= 11 is 0. The van der Waals surface area contributed by atoms with Gasteiger partial charge in [-0.05, 0) is 48.5 Å². The standard InChI is InChI=1S/C22H22F3N5O3/c1-32-17-8-2-14(3-9-17)18-19(27-21(31)29-10-12-33-13-11-29)20(26)30(28-18)16-6-4-15(5-7-16)22(23,24)25/h2-9H,10-13,26H2,1H3,(H,27,31). The Hall–Kier alpha value is -3.73. The zero-order valence-electron chi connectivity index (χ0n) is 17.7. The van der Waals surface area contributed by atoms with Gasteiger partial charge in [-0.2, -0.15) is 18.3 Å². The number of alkyl halides is 3. The van der Waals surface area contributed by atoms with E-state index < -0.39 is 11.7 Å². The number of ether oxygens (including phenoxy) is 2. The number of nitrogens with zero attached hydrogens (tertiary/aromatic N) is 3. The molecule has 0 unspecified atom stereocenters. The first-order valence-corrected chi connectivity index (χ1v) is 10.1. The topological polar surface area (TPSA) is 94.6 Å². The molecule has 0 radical (unpaired) electrons. The molecule has 1 saturated heterocycles. The molecule has 1 aliphatic rings. The van der Waals surface area contributed by atoms with Crippen molar-refractivity contribution in [2.45, 2.75) is 6.18 Å². The van der Waals surface area contributed by atoms with Gasteiger partial charge in [0, 0.05) is 18.7 Å². The van der Waals surface area contributed by atoms with E-state index in [-0.39, 0.29) is 17.5 Å². The van der Waals surface area contributed by atoms with Crippen LogP contribution in [0.1, 0.15) is 5.56 Å². The lowest BCUT2D eigenvalue weighted by Crippen LogP contribution is -2.43. The SMILES string of the molecule is COc1ccc(-c2nn(-c3ccc(C(F)(F)F)cc3)c(N)c2NC(=O)N2CCOCC2)cc1. The molecule has 0 bridgehead atoms. The van der Waals surface area contributed by atoms with E-state index in [1.807, 2.05) is 0 Å². The summed E-state index contributed by atoms with van der Waals surface area (Å²) in [6, 6.07) is 11.1. The highest BCUT2D eigenvalue weighted by Gasteiger charge is 2.30. The van der Waals surface area contributed by atoms with E-state index in [2.05, 4.69) is 10.4 Å². The van der Waals surface area contributed by atoms with E-state index >= 15 is 0 Å². The number of benzene rings is 2. The first-order valence-electron chi connectivity index (χ1n) is 10.1. The van der Waals surface area contributed by atoms with E-state index in [1.165, 1.54) is 16.8 Å². The number of carbonyl (C=O) groups is 1. The number of nitrogens with one attached hydrogen (secondary N) is 1. The van der Waals surface area contributed by atoms with Crippen molar-refractivity contribution in [1.29, 1.82) is 0 Å². The first-order chi connectivity index (χ1) is 15.8. The molecule has 2 heterocycles. The third-order valence-electron chi connectivity index (χ3n) is 5.25. The lowest BCUT2D eigenvalue weighted by atomic mass is 10.1. The fourth-order valence-electron chi connectivity index (χ4n) is 3.45. The Morgan fingerprint density at radius 3 is 2.30 bits per heavy atom. The number of anilines is 2. The lowest BCUT2D eigenvalue weighted by Gasteiger charge is -2.27. The van der Waals surface area contributed by atoms with Crippen molar-refractivity contribution in [1.82, 2.24) is 14.7 Å². The van der Waals surface area contributed by atoms with E-state index in [9.17, 15) is 18.0 Å². The number of rotatable bonds is 4. The molecule has 174 valence electrons. The van der Waals surface area contributed by atoms with Crippen LogP contribution >= 0.6 is 0 Å². The fourth-order valence-corrected chi connectivity index (χ4v) is 3.45. The minimum Gasteiger partial charge on any atom is -0.497 e. The number of amides is 2. The van der Waals surface area contributed by atoms with Crippen molar-refractivity contribution in [2.75, 3.05) is 44.5 Å². The molecule has 0 spiro atoms. The molecule has 1 aromatic heterocycles. The predicted molar refractivity (Wildman–Crippen MR) is 116 cm³/mol. The molecule has 8 nitrogen and oxygen atoms in total. The number of nitrogen functional groups attached to an aromatic ring is 1. The minimum absolute atomic E-state index is 0.0854. The van der Waals surface area contributed by atoms with Gasteiger partial charge < -0.3 is 25.4 Å². The summed E-state index contributed by atoms with van der Waals surface area (Å²) < 4.78 is 50.6. The molecule has 3 N–H and O–H groups in total. The monoisotopic (exact) mass is 461 g/mol. The number of methoxy groups -OCH3 is 1. The van der Waals surface area contributed by atoms with Gasteiger partial charge in [0.25, 0.3) is 0 Å². The van der Waals surface area contributed by atoms with Gasteiger partial charge in [0.05, 0.1) is 31.6 Å². The van der Waals surface area contributed by atoms with E-state index in [0.29, 0.717) is 49.0 Å². The van der Waals surface area contributed by atoms with Crippen molar-refractivity contribution in [3.05, 3.63) is 54.1 Å². The maximum atomic E-state index is 13.0. The Kier molecular flexibility index (Phi) is 6.14. The average Bonchev–Trinajstić information content (AvgIpc) is 3.15. The predicted octanol–water partition coefficient (Wildman–Crippen LogP) is 4.01. The molecule has 0 aliphatic carbocycles. The van der Waals surface area contributed by atoms with Crippen LogP contribution in [0.2, 0.25) is 0 Å². The summed E-state index contributed by atoms with van der Waals surface area (Å²) in [5.41, 5.74) is 7.14. The normalized spacial score (nSPS) is 14.2. The van der Waals surface area contributed by atoms with Crippen molar-refractivity contribution < 1.29 is 27.4 Å². The molecular weight excluding hydrogens is 439 g/mol. The largest absolute Gasteiger partial charge is 0.497 e. The number of carbonyl (C=O) groups excluding carboxylic acids is 1. The third kappa shape index (κ3) is 4.72. The molecule has 2 aromatic carbocycles. The second-order valence-electron chi connectivity index (χ2n) is 7.32. The van der Waals surface area contributed by atoms with Gasteiger partial charge in [-0.15, -0.1) is 0 Å². The number of halogens is 3. The summed E-state index contributed by atoms with van der Waals surface area (Å²) in [5, 5.41) is 7.32. The lowest BCUT2D eigenvalue weighted by molar-refractivity contribution is -0.137. The number of nitrogens with two attached hydrogens (primary N) is 1. The second-order valence-corrected chi connectivity index (χ2v) is 7.32. The number of hydrogen-bond acceptors (Lipinski definition) is 5. The third-order valence-corrected chi connectivity index (χ3v) is 5.25. The smallest absolute Gasteiger partial charge is 0.416 e. The molecular formula is C22H22F3N5O3. The molecule has 11 heteroatoms. The Morgan fingerprint density at radius 1 is 1.09 bits per heavy atom. The Balaban J connectivity index is 1.74. The summed E-state index contributed by atoms with van der Waals surface area (Å²) in [4.78, 5) is 14.4. The van der Waals surface area contributed by atoms with E-state index in [1.54, 1.807) is 36.3 Å². The highest BCUT2D eigenvalue weighted by molar-refractivity contribution is 5.98. The van der Waals surface area contributed by atoms with Crippen LogP contribution in [0, 0.1) is 0 Å². The van der Waals surface area contributed by atoms with Crippen LogP contribution < -0.4 is 15.8 Å². The second kappa shape index (κ2) is 9.02. The van der Waals surface area contributed by atoms with Gasteiger partial charge in [-0.1, -0.05) is 0 Å². The maximum absolute atomic E-state index is 13.0. The van der Waals surface area contributed by atoms with Crippen LogP contribution in [0.25, 0.3) is 16.9 Å². The van der Waals surface area contributed by atoms with E-state index in [4.69, 9.17) is 15.2 Å². The first kappa shape index (κ1) is 22.5. The van der Waals surface area contributed by atoms with Crippen LogP contribution in [0.5, 0.6) is 5.75 Å². The molecule has 0 atom stereocenters. The Morgan fingerprint density at radius 2 is 1.73 bits per heavy atom. The molecule has 0 saturated carbocycles. The minimum atomic E-state index is -4.46. The summed E-state index contributed by atoms with van der Waals surface area (Å²) in [7, 11) is 1.54. The zero-order chi connectivity index (χ0) is 23.6. The van der Waals surface area contributed by atoms with Crippen LogP contribution in [-0.4, -0.2) is 54.1 Å². The summed E-state index contributed by atoms with van der Waals surface area (Å²) in [6.45, 7) is 1.71. The number of hydrogen-bond donors (Lipinski definition) is 2. The van der Waals surface area contributed by atoms with E-state index in [0.717, 1.165) is 12.1 Å². The number of urea groups is 1. The van der Waals surface area contributed by atoms with Crippen LogP contribution in [-0.2, 0) is 10.9 Å². The number of morpholine rings is 1. The molecule has 1 aliphatic heterocycles. The van der Waals surface area contributed by atoms with Gasteiger partial charge >= 0.3 is 12.2 Å². The van der Waals surface area contributed by atoms with Crippen molar-refractivity contribution in [3.63, 3.8) is 0 Å². The van der Waals surface area contributed by atoms with Crippen LogP contribution in [0.15, 0.2) is 48.5 Å². The molecule has 2 amide bonds. The van der Waals surface area contributed by atoms with Gasteiger partial charge in [-0.25, -0.2) is 9.48 Å². The van der Waals surface area contributed by atoms with Gasteiger partial charge in [0.1, 0.15) is 17.1 Å². The number of aromatic nitrogens is 2. The summed E-state index contributed by atoms with van der Waals surface area (Å²) in [6.07, 6.45) is -4.46. The fraction of sp³-hybridized carbons (Fsp3) is 0.273. The van der Waals surface area contributed by atoms with Crippen molar-refractivity contribution >= 4 is 17.5 Å². The highest BCUT2D eigenvalue weighted by atomic mass is 19.4. The van der Waals surface area contributed by atoms with Gasteiger partial charge in [-0.3, -0.25) is 0 Å². The maximum Gasteiger partial charge on any atom is 0.416 e. The molecule has 33 heavy (non-hydrogen) atoms. The Labute approximate surface area is 187 Å². The van der Waals surface area contributed by atoms with Crippen molar-refractivity contribution in [2.24, 2.45) is 0 Å². The average molecular weight is 461 g/mol.